The van der Waals surface area contributed by atoms with Crippen LogP contribution >= 0.6 is 0 Å². The Labute approximate surface area is 89.2 Å². The third-order valence-electron chi connectivity index (χ3n) is 2.98. The number of rotatable bonds is 1. The fourth-order valence-corrected chi connectivity index (χ4v) is 2.12. The Kier molecular flexibility index (Phi) is 2.76. The average Bonchev–Trinajstić information content (AvgIpc) is 2.18. The summed E-state index contributed by atoms with van der Waals surface area (Å²) in [6.45, 7) is 2.17. The van der Waals surface area contributed by atoms with Crippen LogP contribution in [0.4, 0.5) is 0 Å². The molecule has 0 fully saturated rings. The molecule has 0 bridgehead atoms. The van der Waals surface area contributed by atoms with Gasteiger partial charge in [-0.1, -0.05) is 0 Å². The van der Waals surface area contributed by atoms with Crippen molar-refractivity contribution in [2.75, 3.05) is 0 Å². The molecule has 0 radical (unpaired) electrons. The first-order valence-electron chi connectivity index (χ1n) is 5.30. The van der Waals surface area contributed by atoms with Gasteiger partial charge in [0.25, 0.3) is 0 Å². The zero-order valence-electron chi connectivity index (χ0n) is 8.51. The van der Waals surface area contributed by atoms with E-state index in [1.54, 1.807) is 0 Å². The zero-order chi connectivity index (χ0) is 9.26. The van der Waals surface area contributed by atoms with Crippen molar-refractivity contribution in [2.45, 2.75) is 37.2 Å². The molecular weight excluding hydrogens is 153 g/mol. The van der Waals surface area contributed by atoms with Crippen LogP contribution in [0.15, 0.2) is 12.1 Å². The molecule has 1 aliphatic rings. The van der Waals surface area contributed by atoms with E-state index in [4.69, 9.17) is 4.98 Å². The first-order chi connectivity index (χ1) is 6.31. The van der Waals surface area contributed by atoms with Gasteiger partial charge >= 0.3 is 89.0 Å². The van der Waals surface area contributed by atoms with Crippen LogP contribution in [0.3, 0.4) is 0 Å². The van der Waals surface area contributed by atoms with E-state index in [0.717, 1.165) is 6.42 Å². The number of aromatic nitrogens is 1. The number of pyridine rings is 1. The fourth-order valence-electron chi connectivity index (χ4n) is 2.12. The first kappa shape index (κ1) is 9.31. The van der Waals surface area contributed by atoms with Crippen molar-refractivity contribution in [1.29, 1.82) is 0 Å². The van der Waals surface area contributed by atoms with Gasteiger partial charge in [0, 0.05) is 0 Å². The molecule has 1 aliphatic carbocycles. The number of hydrogen-bond acceptors (Lipinski definition) is 1. The molecule has 2 heteroatoms. The summed E-state index contributed by atoms with van der Waals surface area (Å²) in [5, 5.41) is 0. The summed E-state index contributed by atoms with van der Waals surface area (Å²) in [5.41, 5.74) is 4.09. The molecular formula is C11H14LiN. The van der Waals surface area contributed by atoms with Crippen LogP contribution in [0.5, 0.6) is 0 Å². The summed E-state index contributed by atoms with van der Waals surface area (Å²) in [6.07, 6.45) is 4.94. The number of hydrogen-bond donors (Lipinski definition) is 0. The molecule has 1 unspecified atom stereocenters. The van der Waals surface area contributed by atoms with E-state index in [9.17, 15) is 0 Å². The van der Waals surface area contributed by atoms with Gasteiger partial charge in [0.05, 0.1) is 0 Å². The third kappa shape index (κ3) is 1.82. The molecule has 64 valence electrons. The second-order valence-electron chi connectivity index (χ2n) is 3.99. The molecule has 0 saturated carbocycles. The number of aryl methyl sites for hydroxylation is 2. The van der Waals surface area contributed by atoms with Gasteiger partial charge in [0.15, 0.2) is 0 Å². The second kappa shape index (κ2) is 3.86. The van der Waals surface area contributed by atoms with E-state index in [-0.39, 0.29) is 0 Å². The minimum absolute atomic E-state index is 0.676. The van der Waals surface area contributed by atoms with Crippen molar-refractivity contribution in [2.24, 2.45) is 0 Å². The second-order valence-corrected chi connectivity index (χ2v) is 3.99. The standard InChI is InChI=1S/C11H14N.Li/c1-2-10-8-7-9-5-3-4-6-11(9)12-10;/h6-8H,2-5H2,1H3;. The van der Waals surface area contributed by atoms with E-state index in [1.807, 2.05) is 0 Å². The van der Waals surface area contributed by atoms with Gasteiger partial charge < -0.3 is 0 Å². The zero-order valence-corrected chi connectivity index (χ0v) is 8.51. The summed E-state index contributed by atoms with van der Waals surface area (Å²) in [4.78, 5) is 4.71. The Bertz CT molecular complexity index is 309. The van der Waals surface area contributed by atoms with E-state index >= 15 is 0 Å². The molecule has 1 aromatic heterocycles. The molecule has 0 amide bonds. The van der Waals surface area contributed by atoms with Gasteiger partial charge in [-0.2, -0.15) is 0 Å². The molecule has 1 heterocycles. The van der Waals surface area contributed by atoms with Crippen molar-refractivity contribution in [3.63, 3.8) is 0 Å². The van der Waals surface area contributed by atoms with Gasteiger partial charge in [-0.25, -0.2) is 0 Å². The Morgan fingerprint density at radius 3 is 3.15 bits per heavy atom. The normalized spacial score (nSPS) is 21.3. The van der Waals surface area contributed by atoms with E-state index in [1.165, 1.54) is 36.2 Å². The van der Waals surface area contributed by atoms with Gasteiger partial charge in [0.1, 0.15) is 0 Å². The first-order valence-corrected chi connectivity index (χ1v) is 5.30. The predicted octanol–water partition coefficient (Wildman–Crippen LogP) is 2.19. The summed E-state index contributed by atoms with van der Waals surface area (Å²) < 4.78 is 0.676. The van der Waals surface area contributed by atoms with E-state index in [0.29, 0.717) is 4.59 Å². The summed E-state index contributed by atoms with van der Waals surface area (Å²) >= 11 is 2.30. The topological polar surface area (TPSA) is 12.9 Å². The van der Waals surface area contributed by atoms with Crippen LogP contribution in [0.25, 0.3) is 0 Å². The molecule has 0 aromatic carbocycles. The Morgan fingerprint density at radius 2 is 2.38 bits per heavy atom. The maximum absolute atomic E-state index is 4.71. The third-order valence-corrected chi connectivity index (χ3v) is 2.98. The van der Waals surface area contributed by atoms with Crippen LogP contribution < -0.4 is 0 Å². The fraction of sp³-hybridized carbons (Fsp3) is 0.545. The van der Waals surface area contributed by atoms with Crippen molar-refractivity contribution in [3.8, 4) is 0 Å². The van der Waals surface area contributed by atoms with Crippen molar-refractivity contribution >= 4 is 17.7 Å². The Hall–Kier alpha value is -0.253. The van der Waals surface area contributed by atoms with E-state index in [2.05, 4.69) is 36.8 Å². The Morgan fingerprint density at radius 1 is 1.54 bits per heavy atom. The average molecular weight is 167 g/mol. The Balaban J connectivity index is 2.41. The molecule has 13 heavy (non-hydrogen) atoms. The van der Waals surface area contributed by atoms with Gasteiger partial charge in [-0.3, -0.25) is 0 Å². The molecule has 1 nitrogen and oxygen atoms in total. The maximum atomic E-state index is 4.71. The van der Waals surface area contributed by atoms with Crippen LogP contribution in [0.2, 0.25) is 0 Å². The summed E-state index contributed by atoms with van der Waals surface area (Å²) in [6, 6.07) is 4.45. The van der Waals surface area contributed by atoms with Gasteiger partial charge in [0.2, 0.25) is 0 Å². The number of nitrogens with zero attached hydrogens (tertiary/aromatic N) is 1. The molecule has 0 N–H and O–H groups in total. The molecule has 1 atom stereocenters. The monoisotopic (exact) mass is 167 g/mol. The number of fused-ring (bicyclic) bond motifs is 1. The van der Waals surface area contributed by atoms with Crippen LogP contribution in [-0.2, 0) is 12.8 Å². The van der Waals surface area contributed by atoms with E-state index < -0.39 is 0 Å². The summed E-state index contributed by atoms with van der Waals surface area (Å²) in [5.74, 6) is 0. The molecule has 0 aliphatic heterocycles. The summed E-state index contributed by atoms with van der Waals surface area (Å²) in [7, 11) is 0. The van der Waals surface area contributed by atoms with Crippen molar-refractivity contribution in [3.05, 3.63) is 29.1 Å². The van der Waals surface area contributed by atoms with Crippen molar-refractivity contribution in [1.82, 2.24) is 4.98 Å². The van der Waals surface area contributed by atoms with Crippen LogP contribution in [0, 0.1) is 0 Å². The quantitative estimate of drug-likeness (QED) is 0.584. The SMILES string of the molecule is [Li][CH]1CCCc2ccc(CC)nc21. The van der Waals surface area contributed by atoms with Gasteiger partial charge in [-0.15, -0.1) is 0 Å². The van der Waals surface area contributed by atoms with Crippen LogP contribution in [0.1, 0.15) is 41.3 Å². The minimum atomic E-state index is 0.676. The molecule has 0 spiro atoms. The predicted molar refractivity (Wildman–Crippen MR) is 55.0 cm³/mol. The molecule has 0 saturated heterocycles. The molecule has 2 rings (SSSR count). The van der Waals surface area contributed by atoms with Gasteiger partial charge in [-0.05, 0) is 0 Å². The van der Waals surface area contributed by atoms with Crippen molar-refractivity contribution < 1.29 is 0 Å². The molecule has 1 aromatic rings. The van der Waals surface area contributed by atoms with Crippen LogP contribution in [-0.4, -0.2) is 22.7 Å².